The van der Waals surface area contributed by atoms with Gasteiger partial charge in [-0.15, -0.1) is 0 Å². The van der Waals surface area contributed by atoms with Crippen LogP contribution in [-0.2, 0) is 0 Å². The van der Waals surface area contributed by atoms with Crippen LogP contribution in [-0.4, -0.2) is 0 Å². The van der Waals surface area contributed by atoms with Gasteiger partial charge in [0, 0.05) is 0 Å². The molecule has 2 aromatic heterocycles. The SMILES string of the molecule is O=c1c2ccccc2oc2cc3c(cc12)-c1ccccc1-c1cc2oc4ccccc4c(=O)c2cc1-c1ccccc1-3. The molecule has 6 aromatic carbocycles. The summed E-state index contributed by atoms with van der Waals surface area (Å²) >= 11 is 0. The maximum absolute atomic E-state index is 13.7. The zero-order chi connectivity index (χ0) is 27.9. The highest BCUT2D eigenvalue weighted by Crippen LogP contribution is 2.49. The molecule has 42 heavy (non-hydrogen) atoms. The summed E-state index contributed by atoms with van der Waals surface area (Å²) in [5.41, 5.74) is 9.85. The Bertz CT molecular complexity index is 2390. The van der Waals surface area contributed by atoms with E-state index in [4.69, 9.17) is 8.83 Å². The Hall–Kier alpha value is -5.74. The van der Waals surface area contributed by atoms with Crippen LogP contribution in [0.3, 0.4) is 0 Å². The normalized spacial score (nSPS) is 12.0. The van der Waals surface area contributed by atoms with Gasteiger partial charge in [-0.2, -0.15) is 0 Å². The fraction of sp³-hybridized carbons (Fsp3) is 0. The quantitative estimate of drug-likeness (QED) is 0.180. The summed E-state index contributed by atoms with van der Waals surface area (Å²) in [6.45, 7) is 0. The molecule has 0 atom stereocenters. The second-order valence-corrected chi connectivity index (χ2v) is 10.7. The molecular formula is C38H20O4. The van der Waals surface area contributed by atoms with Gasteiger partial charge in [-0.3, -0.25) is 9.59 Å². The van der Waals surface area contributed by atoms with Gasteiger partial charge in [0.1, 0.15) is 22.3 Å². The number of rotatable bonds is 0. The van der Waals surface area contributed by atoms with Gasteiger partial charge in [0.25, 0.3) is 0 Å². The Morgan fingerprint density at radius 1 is 0.310 bits per heavy atom. The first-order valence-corrected chi connectivity index (χ1v) is 13.8. The van der Waals surface area contributed by atoms with Gasteiger partial charge >= 0.3 is 0 Å². The molecule has 0 radical (unpaired) electrons. The maximum atomic E-state index is 13.7. The lowest BCUT2D eigenvalue weighted by Crippen LogP contribution is -2.05. The van der Waals surface area contributed by atoms with Crippen molar-refractivity contribution in [1.82, 2.24) is 0 Å². The molecule has 0 aliphatic heterocycles. The first-order valence-electron chi connectivity index (χ1n) is 13.8. The average molecular weight is 541 g/mol. The maximum Gasteiger partial charge on any atom is 0.200 e. The van der Waals surface area contributed by atoms with Gasteiger partial charge in [-0.05, 0) is 93.0 Å². The molecule has 0 spiro atoms. The van der Waals surface area contributed by atoms with E-state index in [1.165, 1.54) is 0 Å². The summed E-state index contributed by atoms with van der Waals surface area (Å²) in [5.74, 6) is 0. The van der Waals surface area contributed by atoms with Crippen molar-refractivity contribution in [2.75, 3.05) is 0 Å². The van der Waals surface area contributed by atoms with Crippen molar-refractivity contribution in [3.05, 3.63) is 142 Å². The predicted molar refractivity (Wildman–Crippen MR) is 169 cm³/mol. The van der Waals surface area contributed by atoms with E-state index in [1.54, 1.807) is 12.1 Å². The van der Waals surface area contributed by atoms with Crippen molar-refractivity contribution in [3.8, 4) is 44.5 Å². The Morgan fingerprint density at radius 2 is 0.643 bits per heavy atom. The largest absolute Gasteiger partial charge is 0.456 e. The summed E-state index contributed by atoms with van der Waals surface area (Å²) in [6, 6.07) is 39.0. The molecule has 0 saturated carbocycles. The van der Waals surface area contributed by atoms with Crippen molar-refractivity contribution in [2.24, 2.45) is 0 Å². The Labute approximate surface area is 238 Å². The van der Waals surface area contributed by atoms with E-state index in [1.807, 2.05) is 84.9 Å². The summed E-state index contributed by atoms with van der Waals surface area (Å²) < 4.78 is 12.6. The standard InChI is InChI=1S/C38H20O4/c39-37-25-13-5-7-15-33(25)42-36-20-30-24-12-4-2-10-22(24)28-18-32-35(41-34-16-8-6-14-26(34)38(32)40)19-29(28)23-11-3-1-9-21(23)27(30)17-31(36)37/h1-20H. The van der Waals surface area contributed by atoms with Gasteiger partial charge < -0.3 is 8.83 Å². The lowest BCUT2D eigenvalue weighted by Gasteiger charge is -2.23. The highest BCUT2D eigenvalue weighted by atomic mass is 16.3. The molecule has 0 N–H and O–H groups in total. The number of hydrogen-bond acceptors (Lipinski definition) is 4. The smallest absolute Gasteiger partial charge is 0.200 e. The van der Waals surface area contributed by atoms with E-state index in [0.29, 0.717) is 43.9 Å². The van der Waals surface area contributed by atoms with Crippen LogP contribution < -0.4 is 10.9 Å². The Kier molecular flexibility index (Phi) is 4.59. The van der Waals surface area contributed by atoms with Gasteiger partial charge in [-0.1, -0.05) is 72.8 Å². The molecule has 9 rings (SSSR count). The number of benzene rings is 6. The lowest BCUT2D eigenvalue weighted by molar-refractivity contribution is 0.660. The summed E-state index contributed by atoms with van der Waals surface area (Å²) in [7, 11) is 0. The first-order chi connectivity index (χ1) is 20.7. The minimum atomic E-state index is -0.0532. The minimum Gasteiger partial charge on any atom is -0.456 e. The van der Waals surface area contributed by atoms with Crippen molar-refractivity contribution in [3.63, 3.8) is 0 Å². The van der Waals surface area contributed by atoms with Gasteiger partial charge in [0.2, 0.25) is 10.9 Å². The van der Waals surface area contributed by atoms with Crippen molar-refractivity contribution < 1.29 is 8.83 Å². The molecule has 1 aliphatic carbocycles. The second kappa shape index (κ2) is 8.38. The predicted octanol–water partition coefficient (Wildman–Crippen LogP) is 9.19. The van der Waals surface area contributed by atoms with Crippen molar-refractivity contribution in [2.45, 2.75) is 0 Å². The number of para-hydroxylation sites is 2. The molecule has 0 unspecified atom stereocenters. The highest BCUT2D eigenvalue weighted by molar-refractivity contribution is 6.09. The molecule has 0 bridgehead atoms. The highest BCUT2D eigenvalue weighted by Gasteiger charge is 2.25. The molecule has 0 fully saturated rings. The third-order valence-corrected chi connectivity index (χ3v) is 8.45. The van der Waals surface area contributed by atoms with Crippen molar-refractivity contribution in [1.29, 1.82) is 0 Å². The zero-order valence-corrected chi connectivity index (χ0v) is 22.2. The third kappa shape index (κ3) is 3.12. The fourth-order valence-electron chi connectivity index (χ4n) is 6.49. The molecule has 4 nitrogen and oxygen atoms in total. The summed E-state index contributed by atoms with van der Waals surface area (Å²) in [5, 5.41) is 2.19. The van der Waals surface area contributed by atoms with Crippen LogP contribution in [0.2, 0.25) is 0 Å². The van der Waals surface area contributed by atoms with E-state index < -0.39 is 0 Å². The van der Waals surface area contributed by atoms with Crippen LogP contribution in [0.4, 0.5) is 0 Å². The van der Waals surface area contributed by atoms with Crippen LogP contribution in [0, 0.1) is 0 Å². The topological polar surface area (TPSA) is 60.4 Å². The molecule has 2 heterocycles. The number of fused-ring (bicyclic) bond motifs is 12. The summed E-state index contributed by atoms with van der Waals surface area (Å²) in [4.78, 5) is 27.3. The lowest BCUT2D eigenvalue weighted by atomic mass is 9.80. The van der Waals surface area contributed by atoms with Crippen LogP contribution in [0.1, 0.15) is 0 Å². The molecule has 1 aliphatic rings. The zero-order valence-electron chi connectivity index (χ0n) is 22.2. The summed E-state index contributed by atoms with van der Waals surface area (Å²) in [6.07, 6.45) is 0. The first kappa shape index (κ1) is 23.0. The van der Waals surface area contributed by atoms with Crippen LogP contribution in [0.15, 0.2) is 140 Å². The molecule has 0 amide bonds. The second-order valence-electron chi connectivity index (χ2n) is 10.7. The molecule has 196 valence electrons. The Morgan fingerprint density at radius 3 is 1.05 bits per heavy atom. The number of hydrogen-bond donors (Lipinski definition) is 0. The Balaban J connectivity index is 1.46. The van der Waals surface area contributed by atoms with Crippen molar-refractivity contribution >= 4 is 43.9 Å². The van der Waals surface area contributed by atoms with Crippen LogP contribution in [0.5, 0.6) is 0 Å². The van der Waals surface area contributed by atoms with Gasteiger partial charge in [-0.25, -0.2) is 0 Å². The van der Waals surface area contributed by atoms with Crippen LogP contribution >= 0.6 is 0 Å². The third-order valence-electron chi connectivity index (χ3n) is 8.45. The van der Waals surface area contributed by atoms with Gasteiger partial charge in [0.05, 0.1) is 21.5 Å². The van der Waals surface area contributed by atoms with E-state index in [0.717, 1.165) is 44.5 Å². The molecular weight excluding hydrogens is 520 g/mol. The average Bonchev–Trinajstić information content (AvgIpc) is 3.03. The fourth-order valence-corrected chi connectivity index (χ4v) is 6.49. The molecule has 4 heteroatoms. The molecule has 8 aromatic rings. The van der Waals surface area contributed by atoms with E-state index >= 15 is 0 Å². The minimum absolute atomic E-state index is 0.0532. The molecule has 0 saturated heterocycles. The van der Waals surface area contributed by atoms with E-state index in [-0.39, 0.29) is 10.9 Å². The van der Waals surface area contributed by atoms with Crippen LogP contribution in [0.25, 0.3) is 88.4 Å². The monoisotopic (exact) mass is 540 g/mol. The van der Waals surface area contributed by atoms with E-state index in [9.17, 15) is 9.59 Å². The van der Waals surface area contributed by atoms with Gasteiger partial charge in [0.15, 0.2) is 0 Å². The van der Waals surface area contributed by atoms with E-state index in [2.05, 4.69) is 24.3 Å².